The summed E-state index contributed by atoms with van der Waals surface area (Å²) in [5.74, 6) is 2.33. The number of nitrogens with zero attached hydrogens (tertiary/aromatic N) is 1. The molecule has 1 aromatic heterocycles. The highest BCUT2D eigenvalue weighted by Crippen LogP contribution is 2.35. The first-order chi connectivity index (χ1) is 13.8. The number of Topliss-reactive ketones (excluding diaryl/α,β-unsaturated/α-hetero) is 1. The molecule has 2 aromatic carbocycles. The average Bonchev–Trinajstić information content (AvgIpc) is 3.14. The molecule has 0 amide bonds. The predicted octanol–water partition coefficient (Wildman–Crippen LogP) is 6.64. The molecule has 0 unspecified atom stereocenters. The van der Waals surface area contributed by atoms with Gasteiger partial charge in [-0.1, -0.05) is 98.1 Å². The van der Waals surface area contributed by atoms with Crippen molar-refractivity contribution in [2.75, 3.05) is 5.75 Å². The molecule has 1 saturated carbocycles. The Morgan fingerprint density at radius 1 is 1.00 bits per heavy atom. The Labute approximate surface area is 170 Å². The van der Waals surface area contributed by atoms with Gasteiger partial charge in [0.2, 0.25) is 0 Å². The van der Waals surface area contributed by atoms with Crippen LogP contribution in [0, 0.1) is 5.92 Å². The van der Waals surface area contributed by atoms with E-state index >= 15 is 0 Å². The molecule has 0 spiro atoms. The van der Waals surface area contributed by atoms with Crippen molar-refractivity contribution in [3.63, 3.8) is 0 Å². The molecule has 3 nitrogen and oxygen atoms in total. The minimum atomic E-state index is 0.282. The number of carbonyl (C=O) groups excluding carboxylic acids is 1. The molecule has 0 aliphatic heterocycles. The highest BCUT2D eigenvalue weighted by molar-refractivity contribution is 7.99. The number of ketones is 1. The third-order valence-corrected chi connectivity index (χ3v) is 6.23. The average molecular weight is 392 g/mol. The van der Waals surface area contributed by atoms with Gasteiger partial charge in [-0.3, -0.25) is 4.79 Å². The van der Waals surface area contributed by atoms with Gasteiger partial charge in [0.15, 0.2) is 5.76 Å². The summed E-state index contributed by atoms with van der Waals surface area (Å²) < 4.78 is 6.07. The summed E-state index contributed by atoms with van der Waals surface area (Å²) in [5.41, 5.74) is 2.84. The fraction of sp³-hybridized carbons (Fsp3) is 0.333. The maximum absolute atomic E-state index is 12.2. The molecule has 1 aliphatic carbocycles. The first-order valence-electron chi connectivity index (χ1n) is 10.1. The SMILES string of the molecule is O=C(CCCC1CCC1)CSc1nc(-c2ccccc2)c(-c2ccccc2)o1. The van der Waals surface area contributed by atoms with Crippen LogP contribution in [-0.2, 0) is 4.79 Å². The van der Waals surface area contributed by atoms with Crippen LogP contribution < -0.4 is 0 Å². The quantitative estimate of drug-likeness (QED) is 0.383. The Balaban J connectivity index is 1.44. The van der Waals surface area contributed by atoms with Crippen molar-refractivity contribution in [3.8, 4) is 22.6 Å². The molecule has 1 fully saturated rings. The second kappa shape index (κ2) is 9.24. The monoisotopic (exact) mass is 391 g/mol. The van der Waals surface area contributed by atoms with Crippen molar-refractivity contribution in [3.05, 3.63) is 60.7 Å². The predicted molar refractivity (Wildman–Crippen MR) is 114 cm³/mol. The van der Waals surface area contributed by atoms with Crippen molar-refractivity contribution in [2.24, 2.45) is 5.92 Å². The van der Waals surface area contributed by atoms with Gasteiger partial charge in [-0.25, -0.2) is 4.98 Å². The van der Waals surface area contributed by atoms with E-state index in [1.54, 1.807) is 0 Å². The first kappa shape index (κ1) is 19.0. The van der Waals surface area contributed by atoms with Crippen molar-refractivity contribution < 1.29 is 9.21 Å². The van der Waals surface area contributed by atoms with Crippen LogP contribution in [-0.4, -0.2) is 16.5 Å². The molecule has 0 atom stereocenters. The fourth-order valence-electron chi connectivity index (χ4n) is 3.52. The fourth-order valence-corrected chi connectivity index (χ4v) is 4.25. The largest absolute Gasteiger partial charge is 0.431 e. The van der Waals surface area contributed by atoms with E-state index in [4.69, 9.17) is 9.40 Å². The maximum Gasteiger partial charge on any atom is 0.257 e. The molecule has 4 rings (SSSR count). The lowest BCUT2D eigenvalue weighted by molar-refractivity contribution is -0.116. The van der Waals surface area contributed by atoms with E-state index in [2.05, 4.69) is 0 Å². The number of aromatic nitrogens is 1. The highest BCUT2D eigenvalue weighted by Gasteiger charge is 2.19. The smallest absolute Gasteiger partial charge is 0.257 e. The topological polar surface area (TPSA) is 43.1 Å². The van der Waals surface area contributed by atoms with Crippen LogP contribution in [0.1, 0.15) is 38.5 Å². The number of carbonyl (C=O) groups is 1. The number of oxazole rings is 1. The molecular formula is C24H25NO2S. The Hall–Kier alpha value is -2.33. The van der Waals surface area contributed by atoms with Gasteiger partial charge in [-0.05, 0) is 12.3 Å². The number of rotatable bonds is 9. The van der Waals surface area contributed by atoms with Crippen molar-refractivity contribution >= 4 is 17.5 Å². The van der Waals surface area contributed by atoms with Gasteiger partial charge in [0.05, 0.1) is 5.75 Å². The van der Waals surface area contributed by atoms with E-state index in [9.17, 15) is 4.79 Å². The molecular weight excluding hydrogens is 366 g/mol. The molecule has 1 aliphatic rings. The summed E-state index contributed by atoms with van der Waals surface area (Å²) >= 11 is 1.40. The Morgan fingerprint density at radius 3 is 2.32 bits per heavy atom. The second-order valence-corrected chi connectivity index (χ2v) is 8.33. The minimum Gasteiger partial charge on any atom is -0.431 e. The van der Waals surface area contributed by atoms with Crippen LogP contribution >= 0.6 is 11.8 Å². The lowest BCUT2D eigenvalue weighted by Gasteiger charge is -2.24. The van der Waals surface area contributed by atoms with Crippen molar-refractivity contribution in [1.82, 2.24) is 4.98 Å². The molecule has 0 N–H and O–H groups in total. The third-order valence-electron chi connectivity index (χ3n) is 5.34. The molecule has 0 bridgehead atoms. The van der Waals surface area contributed by atoms with Gasteiger partial charge >= 0.3 is 0 Å². The van der Waals surface area contributed by atoms with Gasteiger partial charge in [0.25, 0.3) is 5.22 Å². The Morgan fingerprint density at radius 2 is 1.68 bits per heavy atom. The van der Waals surface area contributed by atoms with E-state index in [1.165, 1.54) is 37.4 Å². The molecule has 144 valence electrons. The van der Waals surface area contributed by atoms with E-state index < -0.39 is 0 Å². The number of benzene rings is 2. The maximum atomic E-state index is 12.2. The van der Waals surface area contributed by atoms with Crippen LogP contribution in [0.15, 0.2) is 70.3 Å². The number of hydrogen-bond donors (Lipinski definition) is 0. The van der Waals surface area contributed by atoms with Crippen molar-refractivity contribution in [2.45, 2.75) is 43.7 Å². The lowest BCUT2D eigenvalue weighted by atomic mass is 9.82. The molecule has 0 saturated heterocycles. The molecule has 1 heterocycles. The summed E-state index contributed by atoms with van der Waals surface area (Å²) in [4.78, 5) is 16.9. The molecule has 28 heavy (non-hydrogen) atoms. The Bertz CT molecular complexity index is 844. The summed E-state index contributed by atoms with van der Waals surface area (Å²) in [6, 6.07) is 20.1. The van der Waals surface area contributed by atoms with Gasteiger partial charge < -0.3 is 4.42 Å². The summed E-state index contributed by atoms with van der Waals surface area (Å²) in [5, 5.41) is 0.560. The van der Waals surface area contributed by atoms with Crippen LogP contribution in [0.3, 0.4) is 0 Å². The van der Waals surface area contributed by atoms with E-state index in [0.29, 0.717) is 17.4 Å². The number of hydrogen-bond acceptors (Lipinski definition) is 4. The summed E-state index contributed by atoms with van der Waals surface area (Å²) in [6.07, 6.45) is 6.95. The van der Waals surface area contributed by atoms with Crippen LogP contribution in [0.25, 0.3) is 22.6 Å². The number of thioether (sulfide) groups is 1. The normalized spacial score (nSPS) is 14.0. The van der Waals surface area contributed by atoms with Crippen molar-refractivity contribution in [1.29, 1.82) is 0 Å². The molecule has 3 aromatic rings. The zero-order valence-corrected chi connectivity index (χ0v) is 16.8. The van der Waals surface area contributed by atoms with Gasteiger partial charge in [0.1, 0.15) is 11.5 Å². The molecule has 0 radical (unpaired) electrons. The minimum absolute atomic E-state index is 0.282. The lowest BCUT2D eigenvalue weighted by Crippen LogP contribution is -2.11. The van der Waals surface area contributed by atoms with Gasteiger partial charge in [0, 0.05) is 17.5 Å². The highest BCUT2D eigenvalue weighted by atomic mass is 32.2. The van der Waals surface area contributed by atoms with Crippen LogP contribution in [0.5, 0.6) is 0 Å². The second-order valence-electron chi connectivity index (χ2n) is 7.41. The summed E-state index contributed by atoms with van der Waals surface area (Å²) in [7, 11) is 0. The summed E-state index contributed by atoms with van der Waals surface area (Å²) in [6.45, 7) is 0. The van der Waals surface area contributed by atoms with Gasteiger partial charge in [-0.15, -0.1) is 0 Å². The van der Waals surface area contributed by atoms with Crippen LogP contribution in [0.4, 0.5) is 0 Å². The van der Waals surface area contributed by atoms with Gasteiger partial charge in [-0.2, -0.15) is 0 Å². The first-order valence-corrected chi connectivity index (χ1v) is 11.0. The zero-order valence-electron chi connectivity index (χ0n) is 16.0. The van der Waals surface area contributed by atoms with Crippen LogP contribution in [0.2, 0.25) is 0 Å². The van der Waals surface area contributed by atoms with E-state index in [0.717, 1.165) is 34.9 Å². The van der Waals surface area contributed by atoms with E-state index in [1.807, 2.05) is 60.7 Å². The Kier molecular flexibility index (Phi) is 6.27. The zero-order chi connectivity index (χ0) is 19.2. The third kappa shape index (κ3) is 4.74. The van der Waals surface area contributed by atoms with E-state index in [-0.39, 0.29) is 5.78 Å². The standard InChI is InChI=1S/C24H25NO2S/c26-21(16-8-11-18-9-7-10-18)17-28-24-25-22(19-12-3-1-4-13-19)23(27-24)20-14-5-2-6-15-20/h1-6,12-15,18H,7-11,16-17H2. The molecule has 4 heteroatoms.